The summed E-state index contributed by atoms with van der Waals surface area (Å²) in [5.41, 5.74) is 6.11. The molecule has 1 aliphatic carbocycles. The molecule has 1 fully saturated rings. The van der Waals surface area contributed by atoms with E-state index in [4.69, 9.17) is 19.8 Å². The summed E-state index contributed by atoms with van der Waals surface area (Å²) in [5, 5.41) is 13.6. The number of nitrogens with zero attached hydrogens (tertiary/aromatic N) is 6. The SMILES string of the molecule is CCOC1CCC(n2cc(NC(=O)c3csc(-c4cnn(COC(=O)[C@@H](N)C(C)(C)C)c4)n3)c(-c3nc(F)ccc3F)n2)CC1.O=S(=O)(O)c1ccccc1. The number of hydrogen-bond donors (Lipinski definition) is 3. The van der Waals surface area contributed by atoms with Crippen LogP contribution in [0.25, 0.3) is 22.0 Å². The lowest BCUT2D eigenvalue weighted by molar-refractivity contribution is -0.152. The second kappa shape index (κ2) is 17.7. The second-order valence-corrected chi connectivity index (χ2v) is 16.0. The smallest absolute Gasteiger partial charge is 0.325 e. The number of rotatable bonds is 11. The lowest BCUT2D eigenvalue weighted by Crippen LogP contribution is -2.43. The summed E-state index contributed by atoms with van der Waals surface area (Å²) in [7, 11) is -4.00. The minimum Gasteiger partial charge on any atom is -0.441 e. The van der Waals surface area contributed by atoms with Crippen molar-refractivity contribution in [3.8, 4) is 22.0 Å². The van der Waals surface area contributed by atoms with Crippen molar-refractivity contribution in [3.63, 3.8) is 0 Å². The molecule has 4 aromatic heterocycles. The quantitative estimate of drug-likeness (QED) is 0.0785. The number of carbonyl (C=O) groups excluding carboxylic acids is 2. The van der Waals surface area contributed by atoms with Crippen molar-refractivity contribution in [2.45, 2.75) is 83.2 Å². The molecule has 6 rings (SSSR count). The van der Waals surface area contributed by atoms with Gasteiger partial charge in [0.1, 0.15) is 28.1 Å². The minimum atomic E-state index is -4.00. The molecule has 4 heterocycles. The van der Waals surface area contributed by atoms with Gasteiger partial charge in [0.15, 0.2) is 12.5 Å². The Morgan fingerprint density at radius 3 is 2.40 bits per heavy atom. The first-order valence-electron chi connectivity index (χ1n) is 17.3. The number of esters is 1. The number of nitrogens with two attached hydrogens (primary N) is 1. The molecule has 0 spiro atoms. The Morgan fingerprint density at radius 2 is 1.76 bits per heavy atom. The summed E-state index contributed by atoms with van der Waals surface area (Å²) in [6, 6.07) is 8.53. The van der Waals surface area contributed by atoms with Gasteiger partial charge < -0.3 is 20.5 Å². The van der Waals surface area contributed by atoms with Gasteiger partial charge in [-0.25, -0.2) is 19.0 Å². The Bertz CT molecular complexity index is 2200. The zero-order valence-corrected chi connectivity index (χ0v) is 32.2. The fourth-order valence-electron chi connectivity index (χ4n) is 5.55. The van der Waals surface area contributed by atoms with Crippen LogP contribution in [-0.4, -0.2) is 73.1 Å². The van der Waals surface area contributed by atoms with E-state index in [1.807, 2.05) is 27.7 Å². The maximum Gasteiger partial charge on any atom is 0.325 e. The van der Waals surface area contributed by atoms with Gasteiger partial charge in [0.05, 0.1) is 28.9 Å². The van der Waals surface area contributed by atoms with E-state index in [0.29, 0.717) is 17.2 Å². The van der Waals surface area contributed by atoms with Crippen LogP contribution < -0.4 is 11.1 Å². The third-order valence-corrected chi connectivity index (χ3v) is 10.4. The number of nitrogens with one attached hydrogen (secondary N) is 1. The molecule has 1 saturated carbocycles. The summed E-state index contributed by atoms with van der Waals surface area (Å²) < 4.78 is 72.2. The van der Waals surface area contributed by atoms with Gasteiger partial charge in [-0.05, 0) is 62.3 Å². The molecule has 5 aromatic rings. The Morgan fingerprint density at radius 1 is 1.05 bits per heavy atom. The van der Waals surface area contributed by atoms with Gasteiger partial charge in [-0.15, -0.1) is 11.3 Å². The number of carbonyl (C=O) groups is 2. The average Bonchev–Trinajstić information content (AvgIpc) is 3.92. The molecule has 0 saturated heterocycles. The highest BCUT2D eigenvalue weighted by molar-refractivity contribution is 7.85. The van der Waals surface area contributed by atoms with Crippen molar-refractivity contribution in [3.05, 3.63) is 83.9 Å². The molecule has 0 bridgehead atoms. The number of halogens is 2. The van der Waals surface area contributed by atoms with E-state index in [1.54, 1.807) is 46.9 Å². The number of anilines is 1. The molecular formula is C36H42F2N8O7S2. The zero-order valence-electron chi connectivity index (χ0n) is 30.6. The van der Waals surface area contributed by atoms with Gasteiger partial charge in [0.2, 0.25) is 5.95 Å². The number of hydrogen-bond acceptors (Lipinski definition) is 12. The molecule has 15 nitrogen and oxygen atoms in total. The molecule has 0 aliphatic heterocycles. The summed E-state index contributed by atoms with van der Waals surface area (Å²) in [6.07, 6.45) is 8.22. The first-order chi connectivity index (χ1) is 26.0. The maximum absolute atomic E-state index is 14.8. The average molecular weight is 801 g/mol. The molecule has 1 aromatic carbocycles. The summed E-state index contributed by atoms with van der Waals surface area (Å²) >= 11 is 1.22. The summed E-state index contributed by atoms with van der Waals surface area (Å²) in [6.45, 7) is 8.01. The van der Waals surface area contributed by atoms with Crippen molar-refractivity contribution in [1.82, 2.24) is 29.5 Å². The van der Waals surface area contributed by atoms with Crippen molar-refractivity contribution < 1.29 is 40.8 Å². The lowest BCUT2D eigenvalue weighted by Gasteiger charge is -2.28. The number of thiazole rings is 1. The molecule has 1 aliphatic rings. The normalized spacial score (nSPS) is 16.5. The van der Waals surface area contributed by atoms with Crippen LogP contribution in [0.3, 0.4) is 0 Å². The standard InChI is InChI=1S/C30H36F2N8O4S.C6H6O3S/c1-5-43-19-8-6-18(7-9-19)40-14-21(25(38-40)24-20(31)10-11-23(32)37-24)35-27(41)22-15-45-28(36-22)17-12-34-39(13-17)16-44-29(42)26(33)30(2,3)4;7-10(8,9)6-4-2-1-3-5-6/h10-15,18-19,26H,5-9,16,33H2,1-4H3,(H,35,41);1-5H,(H,7,8,9)/t18?,19?,26-;/m1./s1. The molecule has 0 radical (unpaired) electrons. The molecule has 294 valence electrons. The van der Waals surface area contributed by atoms with Gasteiger partial charge in [0, 0.05) is 29.9 Å². The first kappa shape index (κ1) is 41.2. The van der Waals surface area contributed by atoms with E-state index in [-0.39, 0.29) is 46.5 Å². The molecule has 0 unspecified atom stereocenters. The fraction of sp³-hybridized carbons (Fsp3) is 0.389. The van der Waals surface area contributed by atoms with Crippen molar-refractivity contribution in [2.75, 3.05) is 11.9 Å². The molecule has 19 heteroatoms. The highest BCUT2D eigenvalue weighted by Crippen LogP contribution is 2.35. The lowest BCUT2D eigenvalue weighted by atomic mass is 9.87. The third-order valence-electron chi connectivity index (χ3n) is 8.62. The Hall–Kier alpha value is -4.95. The molecule has 55 heavy (non-hydrogen) atoms. The van der Waals surface area contributed by atoms with Crippen LogP contribution in [0.5, 0.6) is 0 Å². The van der Waals surface area contributed by atoms with E-state index in [1.165, 1.54) is 28.2 Å². The van der Waals surface area contributed by atoms with Crippen LogP contribution in [0.15, 0.2) is 71.3 Å². The van der Waals surface area contributed by atoms with Gasteiger partial charge in [-0.1, -0.05) is 39.0 Å². The van der Waals surface area contributed by atoms with Gasteiger partial charge in [0.25, 0.3) is 16.0 Å². The Kier molecular flexibility index (Phi) is 13.2. The number of ether oxygens (including phenoxy) is 2. The third kappa shape index (κ3) is 10.8. The number of pyridine rings is 1. The van der Waals surface area contributed by atoms with E-state index >= 15 is 0 Å². The fourth-order valence-corrected chi connectivity index (χ4v) is 6.83. The monoisotopic (exact) mass is 800 g/mol. The van der Waals surface area contributed by atoms with Crippen LogP contribution in [0.4, 0.5) is 14.5 Å². The van der Waals surface area contributed by atoms with Gasteiger partial charge in [-0.2, -0.15) is 23.0 Å². The zero-order chi connectivity index (χ0) is 39.9. The minimum absolute atomic E-state index is 0.00591. The first-order valence-corrected chi connectivity index (χ1v) is 19.6. The molecule has 1 amide bonds. The van der Waals surface area contributed by atoms with Crippen LogP contribution in [0, 0.1) is 17.2 Å². The van der Waals surface area contributed by atoms with Crippen molar-refractivity contribution >= 4 is 39.0 Å². The van der Waals surface area contributed by atoms with Crippen LogP contribution >= 0.6 is 11.3 Å². The van der Waals surface area contributed by atoms with Gasteiger partial charge in [-0.3, -0.25) is 18.8 Å². The van der Waals surface area contributed by atoms with Crippen molar-refractivity contribution in [2.24, 2.45) is 11.1 Å². The molecule has 1 atom stereocenters. The number of amides is 1. The van der Waals surface area contributed by atoms with E-state index in [9.17, 15) is 26.8 Å². The topological polar surface area (TPSA) is 206 Å². The summed E-state index contributed by atoms with van der Waals surface area (Å²) in [5.74, 6) is -2.74. The van der Waals surface area contributed by atoms with Gasteiger partial charge >= 0.3 is 5.97 Å². The molecular weight excluding hydrogens is 759 g/mol. The molecule has 4 N–H and O–H groups in total. The van der Waals surface area contributed by atoms with E-state index in [0.717, 1.165) is 37.8 Å². The highest BCUT2D eigenvalue weighted by Gasteiger charge is 2.29. The van der Waals surface area contributed by atoms with Crippen LogP contribution in [0.1, 0.15) is 69.9 Å². The van der Waals surface area contributed by atoms with Crippen molar-refractivity contribution in [1.29, 1.82) is 0 Å². The summed E-state index contributed by atoms with van der Waals surface area (Å²) in [4.78, 5) is 33.7. The number of aromatic nitrogens is 6. The maximum atomic E-state index is 14.8. The second-order valence-electron chi connectivity index (χ2n) is 13.7. The largest absolute Gasteiger partial charge is 0.441 e. The van der Waals surface area contributed by atoms with Crippen LogP contribution in [-0.2, 0) is 31.1 Å². The highest BCUT2D eigenvalue weighted by atomic mass is 32.2. The van der Waals surface area contributed by atoms with Crippen LogP contribution in [0.2, 0.25) is 0 Å². The Labute approximate surface area is 320 Å². The predicted octanol–water partition coefficient (Wildman–Crippen LogP) is 6.12. The van der Waals surface area contributed by atoms with E-state index in [2.05, 4.69) is 25.5 Å². The Balaban J connectivity index is 0.000000504. The number of benzene rings is 1. The predicted molar refractivity (Wildman–Crippen MR) is 199 cm³/mol. The van der Waals surface area contributed by atoms with E-state index < -0.39 is 45.2 Å².